The Morgan fingerprint density at radius 1 is 0.955 bits per heavy atom. The Kier molecular flexibility index (Phi) is 3.77. The molecule has 0 fully saturated rings. The second kappa shape index (κ2) is 5.73. The molecule has 4 nitrogen and oxygen atoms in total. The number of phenols is 1. The molecule has 0 bridgehead atoms. The topological polar surface area (TPSA) is 63.6 Å². The first-order valence-electron chi connectivity index (χ1n) is 7.26. The van der Waals surface area contributed by atoms with Crippen molar-refractivity contribution in [3.8, 4) is 5.75 Å². The molecule has 0 aliphatic heterocycles. The number of fused-ring (bicyclic) bond motifs is 2. The van der Waals surface area contributed by atoms with Crippen molar-refractivity contribution in [1.29, 1.82) is 0 Å². The monoisotopic (exact) mass is 296 g/mol. The molecule has 0 amide bonds. The summed E-state index contributed by atoms with van der Waals surface area (Å²) in [6.45, 7) is 2.95. The lowest BCUT2D eigenvalue weighted by Crippen LogP contribution is -2.21. The van der Waals surface area contributed by atoms with E-state index in [1.807, 2.05) is 6.92 Å². The third-order valence-electron chi connectivity index (χ3n) is 3.87. The predicted molar refractivity (Wildman–Crippen MR) is 81.6 cm³/mol. The summed E-state index contributed by atoms with van der Waals surface area (Å²) in [6, 6.07) is 10.00. The van der Waals surface area contributed by atoms with Gasteiger partial charge in [-0.25, -0.2) is 0 Å². The second-order valence-corrected chi connectivity index (χ2v) is 5.15. The third-order valence-corrected chi connectivity index (χ3v) is 3.87. The van der Waals surface area contributed by atoms with Crippen molar-refractivity contribution in [1.82, 2.24) is 0 Å². The Bertz CT molecular complexity index is 762. The SMILES string of the molecule is CCOCCc1ccc2c(c1O)C(=O)c1ccccc1C2=O. The number of carbonyl (C=O) groups is 2. The highest BCUT2D eigenvalue weighted by Gasteiger charge is 2.32. The molecule has 0 heterocycles. The molecule has 2 aromatic carbocycles. The summed E-state index contributed by atoms with van der Waals surface area (Å²) in [4.78, 5) is 25.1. The number of aromatic hydroxyl groups is 1. The van der Waals surface area contributed by atoms with Crippen LogP contribution in [0, 0.1) is 0 Å². The summed E-state index contributed by atoms with van der Waals surface area (Å²) < 4.78 is 5.28. The molecule has 0 aromatic heterocycles. The van der Waals surface area contributed by atoms with E-state index in [9.17, 15) is 14.7 Å². The standard InChI is InChI=1S/C18H16O4/c1-2-22-10-9-11-7-8-14-15(16(11)19)18(21)13-6-4-3-5-12(13)17(14)20/h3-8,19H,2,9-10H2,1H3. The lowest BCUT2D eigenvalue weighted by Gasteiger charge is -2.19. The molecule has 0 saturated heterocycles. The van der Waals surface area contributed by atoms with Crippen LogP contribution in [-0.4, -0.2) is 29.9 Å². The first-order chi connectivity index (χ1) is 10.6. The maximum absolute atomic E-state index is 12.6. The summed E-state index contributed by atoms with van der Waals surface area (Å²) in [5.41, 5.74) is 1.73. The number of hydrogen-bond donors (Lipinski definition) is 1. The van der Waals surface area contributed by atoms with Crippen LogP contribution >= 0.6 is 0 Å². The summed E-state index contributed by atoms with van der Waals surface area (Å²) >= 11 is 0. The molecule has 1 N–H and O–H groups in total. The van der Waals surface area contributed by atoms with Gasteiger partial charge in [-0.05, 0) is 25.0 Å². The number of rotatable bonds is 4. The van der Waals surface area contributed by atoms with Crippen molar-refractivity contribution in [3.05, 3.63) is 64.2 Å². The van der Waals surface area contributed by atoms with Gasteiger partial charge in [0.2, 0.25) is 0 Å². The minimum Gasteiger partial charge on any atom is -0.507 e. The van der Waals surface area contributed by atoms with Crippen LogP contribution in [0.25, 0.3) is 0 Å². The van der Waals surface area contributed by atoms with Gasteiger partial charge in [0.15, 0.2) is 11.6 Å². The van der Waals surface area contributed by atoms with Gasteiger partial charge < -0.3 is 9.84 Å². The van der Waals surface area contributed by atoms with Crippen LogP contribution in [0.2, 0.25) is 0 Å². The molecular formula is C18H16O4. The fraction of sp³-hybridized carbons (Fsp3) is 0.222. The zero-order chi connectivity index (χ0) is 15.7. The van der Waals surface area contributed by atoms with Crippen LogP contribution in [-0.2, 0) is 11.2 Å². The molecule has 4 heteroatoms. The van der Waals surface area contributed by atoms with E-state index in [1.54, 1.807) is 36.4 Å². The van der Waals surface area contributed by atoms with Crippen LogP contribution in [0.15, 0.2) is 36.4 Å². The zero-order valence-electron chi connectivity index (χ0n) is 12.3. The number of ether oxygens (including phenoxy) is 1. The fourth-order valence-corrected chi connectivity index (χ4v) is 2.74. The highest BCUT2D eigenvalue weighted by molar-refractivity contribution is 6.29. The summed E-state index contributed by atoms with van der Waals surface area (Å²) in [5.74, 6) is -0.636. The van der Waals surface area contributed by atoms with E-state index < -0.39 is 0 Å². The average Bonchev–Trinajstić information content (AvgIpc) is 2.54. The second-order valence-electron chi connectivity index (χ2n) is 5.15. The molecule has 112 valence electrons. The summed E-state index contributed by atoms with van der Waals surface area (Å²) in [5, 5.41) is 10.4. The molecule has 2 aromatic rings. The normalized spacial score (nSPS) is 13.0. The van der Waals surface area contributed by atoms with E-state index in [2.05, 4.69) is 0 Å². The van der Waals surface area contributed by atoms with Crippen LogP contribution in [0.1, 0.15) is 44.3 Å². The van der Waals surface area contributed by atoms with E-state index in [0.29, 0.717) is 36.3 Å². The fourth-order valence-electron chi connectivity index (χ4n) is 2.74. The van der Waals surface area contributed by atoms with Gasteiger partial charge in [0.25, 0.3) is 0 Å². The minimum atomic E-state index is -0.305. The molecule has 0 radical (unpaired) electrons. The van der Waals surface area contributed by atoms with Gasteiger partial charge in [-0.15, -0.1) is 0 Å². The highest BCUT2D eigenvalue weighted by atomic mass is 16.5. The maximum atomic E-state index is 12.6. The predicted octanol–water partition coefficient (Wildman–Crippen LogP) is 2.75. The van der Waals surface area contributed by atoms with E-state index in [-0.39, 0.29) is 28.4 Å². The summed E-state index contributed by atoms with van der Waals surface area (Å²) in [6.07, 6.45) is 0.496. The maximum Gasteiger partial charge on any atom is 0.198 e. The number of phenolic OH excluding ortho intramolecular Hbond substituents is 1. The average molecular weight is 296 g/mol. The lowest BCUT2D eigenvalue weighted by atomic mass is 9.82. The van der Waals surface area contributed by atoms with E-state index in [0.717, 1.165) is 0 Å². The molecule has 1 aliphatic carbocycles. The molecule has 1 aliphatic rings. The number of hydrogen-bond acceptors (Lipinski definition) is 4. The Hall–Kier alpha value is -2.46. The zero-order valence-corrected chi connectivity index (χ0v) is 12.3. The summed E-state index contributed by atoms with van der Waals surface area (Å²) in [7, 11) is 0. The number of ketones is 2. The van der Waals surface area contributed by atoms with Crippen molar-refractivity contribution in [2.24, 2.45) is 0 Å². The van der Waals surface area contributed by atoms with Crippen LogP contribution in [0.3, 0.4) is 0 Å². The Labute approximate surface area is 128 Å². The molecule has 0 spiro atoms. The van der Waals surface area contributed by atoms with Crippen LogP contribution in [0.4, 0.5) is 0 Å². The molecular weight excluding hydrogens is 280 g/mol. The van der Waals surface area contributed by atoms with Gasteiger partial charge in [-0.1, -0.05) is 30.3 Å². The van der Waals surface area contributed by atoms with Gasteiger partial charge >= 0.3 is 0 Å². The number of carbonyl (C=O) groups excluding carboxylic acids is 2. The highest BCUT2D eigenvalue weighted by Crippen LogP contribution is 2.35. The van der Waals surface area contributed by atoms with Gasteiger partial charge in [0.05, 0.1) is 12.2 Å². The Balaban J connectivity index is 2.07. The molecule has 0 unspecified atom stereocenters. The van der Waals surface area contributed by atoms with E-state index in [1.165, 1.54) is 0 Å². The quantitative estimate of drug-likeness (QED) is 0.752. The lowest BCUT2D eigenvalue weighted by molar-refractivity contribution is 0.0976. The van der Waals surface area contributed by atoms with Gasteiger partial charge in [0.1, 0.15) is 5.75 Å². The first-order valence-corrected chi connectivity index (χ1v) is 7.26. The number of benzene rings is 2. The third kappa shape index (κ3) is 2.22. The Morgan fingerprint density at radius 3 is 2.32 bits per heavy atom. The van der Waals surface area contributed by atoms with Gasteiger partial charge in [-0.3, -0.25) is 9.59 Å². The smallest absolute Gasteiger partial charge is 0.198 e. The molecule has 3 rings (SSSR count). The van der Waals surface area contributed by atoms with E-state index in [4.69, 9.17) is 4.74 Å². The minimum absolute atomic E-state index is 0.106. The van der Waals surface area contributed by atoms with Crippen LogP contribution in [0.5, 0.6) is 5.75 Å². The Morgan fingerprint density at radius 2 is 1.64 bits per heavy atom. The van der Waals surface area contributed by atoms with Crippen LogP contribution < -0.4 is 0 Å². The van der Waals surface area contributed by atoms with Crippen molar-refractivity contribution in [2.75, 3.05) is 13.2 Å². The first kappa shape index (κ1) is 14.5. The van der Waals surface area contributed by atoms with Gasteiger partial charge in [-0.2, -0.15) is 0 Å². The molecule has 22 heavy (non-hydrogen) atoms. The molecule has 0 atom stereocenters. The molecule has 0 saturated carbocycles. The van der Waals surface area contributed by atoms with Crippen molar-refractivity contribution >= 4 is 11.6 Å². The van der Waals surface area contributed by atoms with Gasteiger partial charge in [0, 0.05) is 23.3 Å². The van der Waals surface area contributed by atoms with Crippen molar-refractivity contribution < 1.29 is 19.4 Å². The van der Waals surface area contributed by atoms with Crippen molar-refractivity contribution in [2.45, 2.75) is 13.3 Å². The van der Waals surface area contributed by atoms with Crippen molar-refractivity contribution in [3.63, 3.8) is 0 Å². The largest absolute Gasteiger partial charge is 0.507 e. The van der Waals surface area contributed by atoms with E-state index >= 15 is 0 Å².